The number of nitrogens with two attached hydrogens (primary N) is 1. The molecule has 33 heavy (non-hydrogen) atoms. The number of halogens is 3. The fourth-order valence-electron chi connectivity index (χ4n) is 3.20. The van der Waals surface area contributed by atoms with Gasteiger partial charge in [0, 0.05) is 28.6 Å². The van der Waals surface area contributed by atoms with Gasteiger partial charge in [0.2, 0.25) is 0 Å². The van der Waals surface area contributed by atoms with Crippen LogP contribution in [0.1, 0.15) is 10.5 Å². The second-order valence-electron chi connectivity index (χ2n) is 6.84. The summed E-state index contributed by atoms with van der Waals surface area (Å²) >= 11 is 0. The number of aromatic nitrogens is 2. The first-order valence-electron chi connectivity index (χ1n) is 9.50. The van der Waals surface area contributed by atoms with E-state index in [1.807, 2.05) is 6.07 Å². The maximum Gasteiger partial charge on any atom is 0.573 e. The molecule has 0 aliphatic rings. The first kappa shape index (κ1) is 21.7. The Morgan fingerprint density at radius 1 is 0.939 bits per heavy atom. The number of pyridine rings is 1. The average molecular weight is 455 g/mol. The fourth-order valence-corrected chi connectivity index (χ4v) is 3.20. The van der Waals surface area contributed by atoms with Gasteiger partial charge in [0.05, 0.1) is 0 Å². The SMILES string of the molecule is NC(=O)c1cc2cccnc2n1-c1ccc(NC(=O)Nc2ccc(OC(F)(F)F)cc2)cc1. The third kappa shape index (κ3) is 5.03. The summed E-state index contributed by atoms with van der Waals surface area (Å²) in [5.74, 6) is -1.01. The van der Waals surface area contributed by atoms with Crippen molar-refractivity contribution >= 4 is 34.3 Å². The number of primary amides is 1. The van der Waals surface area contributed by atoms with E-state index in [0.717, 1.165) is 17.5 Å². The molecule has 4 aromatic rings. The van der Waals surface area contributed by atoms with Crippen molar-refractivity contribution in [1.82, 2.24) is 9.55 Å². The van der Waals surface area contributed by atoms with Crippen LogP contribution < -0.4 is 21.1 Å². The van der Waals surface area contributed by atoms with Crippen molar-refractivity contribution in [1.29, 1.82) is 0 Å². The van der Waals surface area contributed by atoms with Gasteiger partial charge in [-0.2, -0.15) is 0 Å². The van der Waals surface area contributed by atoms with Crippen LogP contribution in [-0.4, -0.2) is 27.9 Å². The van der Waals surface area contributed by atoms with E-state index in [2.05, 4.69) is 20.4 Å². The Kier molecular flexibility index (Phi) is 5.61. The Balaban J connectivity index is 1.46. The molecule has 8 nitrogen and oxygen atoms in total. The zero-order chi connectivity index (χ0) is 23.6. The van der Waals surface area contributed by atoms with Crippen molar-refractivity contribution in [2.45, 2.75) is 6.36 Å². The number of anilines is 2. The Labute approximate surface area is 184 Å². The van der Waals surface area contributed by atoms with E-state index in [1.54, 1.807) is 47.2 Å². The van der Waals surface area contributed by atoms with Crippen LogP contribution >= 0.6 is 0 Å². The lowest BCUT2D eigenvalue weighted by Crippen LogP contribution is -2.20. The molecule has 2 heterocycles. The number of hydrogen-bond acceptors (Lipinski definition) is 4. The molecular formula is C22H16F3N5O3. The number of fused-ring (bicyclic) bond motifs is 1. The Bertz CT molecular complexity index is 1320. The molecule has 4 rings (SSSR count). The Morgan fingerprint density at radius 3 is 2.12 bits per heavy atom. The number of hydrogen-bond donors (Lipinski definition) is 3. The number of carbonyl (C=O) groups is 2. The van der Waals surface area contributed by atoms with Gasteiger partial charge in [-0.05, 0) is 66.7 Å². The molecule has 3 amide bonds. The van der Waals surface area contributed by atoms with Crippen molar-refractivity contribution in [3.8, 4) is 11.4 Å². The largest absolute Gasteiger partial charge is 0.573 e. The molecule has 11 heteroatoms. The highest BCUT2D eigenvalue weighted by molar-refractivity contribution is 6.00. The molecule has 0 aliphatic heterocycles. The molecule has 0 aliphatic carbocycles. The quantitative estimate of drug-likeness (QED) is 0.406. The molecule has 0 saturated carbocycles. The summed E-state index contributed by atoms with van der Waals surface area (Å²) in [6, 6.07) is 15.9. The van der Waals surface area contributed by atoms with Crippen molar-refractivity contribution in [2.75, 3.05) is 10.6 Å². The van der Waals surface area contributed by atoms with Gasteiger partial charge in [-0.25, -0.2) is 9.78 Å². The van der Waals surface area contributed by atoms with E-state index in [4.69, 9.17) is 5.73 Å². The first-order chi connectivity index (χ1) is 15.7. The maximum absolute atomic E-state index is 12.2. The second-order valence-corrected chi connectivity index (χ2v) is 6.84. The molecule has 0 saturated heterocycles. The molecule has 0 atom stereocenters. The van der Waals surface area contributed by atoms with Crippen molar-refractivity contribution in [2.24, 2.45) is 5.73 Å². The minimum Gasteiger partial charge on any atom is -0.406 e. The Morgan fingerprint density at radius 2 is 1.55 bits per heavy atom. The van der Waals surface area contributed by atoms with Crippen LogP contribution in [0.4, 0.5) is 29.3 Å². The zero-order valence-corrected chi connectivity index (χ0v) is 16.8. The number of alkyl halides is 3. The molecule has 0 radical (unpaired) electrons. The molecule has 4 N–H and O–H groups in total. The normalized spacial score (nSPS) is 11.2. The molecule has 0 spiro atoms. The number of benzene rings is 2. The molecule has 2 aromatic carbocycles. The van der Waals surface area contributed by atoms with Gasteiger partial charge in [0.25, 0.3) is 5.91 Å². The van der Waals surface area contributed by atoms with Gasteiger partial charge in [-0.1, -0.05) is 0 Å². The van der Waals surface area contributed by atoms with Gasteiger partial charge in [-0.3, -0.25) is 9.36 Å². The van der Waals surface area contributed by atoms with Crippen LogP contribution in [0.5, 0.6) is 5.75 Å². The van der Waals surface area contributed by atoms with E-state index in [0.29, 0.717) is 17.0 Å². The minimum absolute atomic E-state index is 0.264. The minimum atomic E-state index is -4.79. The van der Waals surface area contributed by atoms with Crippen molar-refractivity contribution in [3.05, 3.63) is 78.6 Å². The van der Waals surface area contributed by atoms with E-state index < -0.39 is 24.1 Å². The molecule has 0 unspecified atom stereocenters. The number of urea groups is 1. The summed E-state index contributed by atoms with van der Waals surface area (Å²) in [7, 11) is 0. The van der Waals surface area contributed by atoms with Gasteiger partial charge in [0.1, 0.15) is 17.1 Å². The highest BCUT2D eigenvalue weighted by atomic mass is 19.4. The van der Waals surface area contributed by atoms with E-state index >= 15 is 0 Å². The van der Waals surface area contributed by atoms with Crippen LogP contribution in [0.3, 0.4) is 0 Å². The molecular weight excluding hydrogens is 439 g/mol. The lowest BCUT2D eigenvalue weighted by Gasteiger charge is -2.12. The summed E-state index contributed by atoms with van der Waals surface area (Å²) in [6.07, 6.45) is -3.19. The number of ether oxygens (including phenoxy) is 1. The van der Waals surface area contributed by atoms with Gasteiger partial charge in [-0.15, -0.1) is 13.2 Å². The summed E-state index contributed by atoms with van der Waals surface area (Å²) in [5, 5.41) is 5.87. The second kappa shape index (κ2) is 8.54. The highest BCUT2D eigenvalue weighted by Gasteiger charge is 2.31. The maximum atomic E-state index is 12.2. The third-order valence-corrected chi connectivity index (χ3v) is 4.54. The predicted octanol–water partition coefficient (Wildman–Crippen LogP) is 4.67. The Hall–Kier alpha value is -4.54. The monoisotopic (exact) mass is 455 g/mol. The number of amides is 3. The third-order valence-electron chi connectivity index (χ3n) is 4.54. The van der Waals surface area contributed by atoms with Crippen LogP contribution in [0.15, 0.2) is 72.9 Å². The van der Waals surface area contributed by atoms with Crippen molar-refractivity contribution in [3.63, 3.8) is 0 Å². The van der Waals surface area contributed by atoms with Gasteiger partial charge in [0.15, 0.2) is 0 Å². The average Bonchev–Trinajstić information content (AvgIpc) is 3.15. The number of nitrogens with one attached hydrogen (secondary N) is 2. The van der Waals surface area contributed by atoms with Crippen LogP contribution in [0.2, 0.25) is 0 Å². The number of nitrogens with zero attached hydrogens (tertiary/aromatic N) is 2. The van der Waals surface area contributed by atoms with Crippen LogP contribution in [-0.2, 0) is 0 Å². The van der Waals surface area contributed by atoms with Crippen molar-refractivity contribution < 1.29 is 27.5 Å². The van der Waals surface area contributed by atoms with Crippen LogP contribution in [0.25, 0.3) is 16.7 Å². The summed E-state index contributed by atoms with van der Waals surface area (Å²) in [4.78, 5) is 28.4. The van der Waals surface area contributed by atoms with Gasteiger partial charge < -0.3 is 21.1 Å². The smallest absolute Gasteiger partial charge is 0.406 e. The van der Waals surface area contributed by atoms with Gasteiger partial charge >= 0.3 is 12.4 Å². The van der Waals surface area contributed by atoms with Crippen LogP contribution in [0, 0.1) is 0 Å². The number of rotatable bonds is 5. The van der Waals surface area contributed by atoms with E-state index in [-0.39, 0.29) is 11.4 Å². The molecule has 0 bridgehead atoms. The fraction of sp³-hybridized carbons (Fsp3) is 0.0455. The topological polar surface area (TPSA) is 111 Å². The first-order valence-corrected chi connectivity index (χ1v) is 9.50. The summed E-state index contributed by atoms with van der Waals surface area (Å²) < 4.78 is 42.1. The zero-order valence-electron chi connectivity index (χ0n) is 16.8. The summed E-state index contributed by atoms with van der Waals surface area (Å²) in [6.45, 7) is 0. The summed E-state index contributed by atoms with van der Waals surface area (Å²) in [5.41, 5.74) is 7.66. The molecule has 0 fully saturated rings. The lowest BCUT2D eigenvalue weighted by molar-refractivity contribution is -0.274. The standard InChI is InChI=1S/C22H16F3N5O3/c23-22(24,25)33-17-9-5-15(6-10-17)29-21(32)28-14-3-7-16(8-4-14)30-18(19(26)31)12-13-2-1-11-27-20(13)30/h1-12H,(H2,26,31)(H2,28,29,32). The van der Waals surface area contributed by atoms with E-state index in [1.165, 1.54) is 12.1 Å². The predicted molar refractivity (Wildman–Crippen MR) is 115 cm³/mol. The molecule has 168 valence electrons. The molecule has 2 aromatic heterocycles. The van der Waals surface area contributed by atoms with E-state index in [9.17, 15) is 22.8 Å². The highest BCUT2D eigenvalue weighted by Crippen LogP contribution is 2.25. The number of carbonyl (C=O) groups excluding carboxylic acids is 2. The lowest BCUT2D eigenvalue weighted by atomic mass is 10.2.